The Labute approximate surface area is 291 Å². The van der Waals surface area contributed by atoms with Crippen molar-refractivity contribution in [3.8, 4) is 11.3 Å². The minimum Gasteiger partial charge on any atom is -0.547 e. The number of hydrogen-bond acceptors (Lipinski definition) is 9. The van der Waals surface area contributed by atoms with Gasteiger partial charge in [0.15, 0.2) is 5.82 Å². The summed E-state index contributed by atoms with van der Waals surface area (Å²) in [6.45, 7) is 21.7. The summed E-state index contributed by atoms with van der Waals surface area (Å²) < 4.78 is 38.8. The monoisotopic (exact) mass is 699 g/mol. The summed E-state index contributed by atoms with van der Waals surface area (Å²) in [5, 5.41) is 0. The SMILES string of the molecule is CC[Si](CC)(CC)OC1=CCC(c2cnc(N(C(=O)OC(C)(C)C)C(=O)OC(C)(C)C)c(-c3ccc(C(=O)OC(C)(C)C)c(F)c3)n2)CC1. The summed E-state index contributed by atoms with van der Waals surface area (Å²) in [6.07, 6.45) is 3.71. The van der Waals surface area contributed by atoms with Crippen molar-refractivity contribution in [2.24, 2.45) is 0 Å². The summed E-state index contributed by atoms with van der Waals surface area (Å²) in [4.78, 5) is 50.1. The van der Waals surface area contributed by atoms with Gasteiger partial charge in [0.25, 0.3) is 0 Å². The van der Waals surface area contributed by atoms with Crippen LogP contribution in [0.15, 0.2) is 36.2 Å². The number of ether oxygens (including phenoxy) is 3. The lowest BCUT2D eigenvalue weighted by atomic mass is 9.90. The Morgan fingerprint density at radius 2 is 1.43 bits per heavy atom. The zero-order valence-corrected chi connectivity index (χ0v) is 32.3. The van der Waals surface area contributed by atoms with Gasteiger partial charge >= 0.3 is 18.2 Å². The maximum absolute atomic E-state index is 15.6. The molecule has 2 aromatic rings. The fourth-order valence-corrected chi connectivity index (χ4v) is 8.06. The van der Waals surface area contributed by atoms with Gasteiger partial charge in [-0.05, 0) is 111 Å². The van der Waals surface area contributed by atoms with E-state index in [1.165, 1.54) is 18.3 Å². The first-order valence-corrected chi connectivity index (χ1v) is 19.7. The molecule has 0 saturated heterocycles. The number of nitrogens with zero attached hydrogens (tertiary/aromatic N) is 3. The average Bonchev–Trinajstić information content (AvgIpc) is 2.98. The number of halogens is 1. The summed E-state index contributed by atoms with van der Waals surface area (Å²) in [5.74, 6) is -0.912. The maximum atomic E-state index is 15.6. The van der Waals surface area contributed by atoms with E-state index in [4.69, 9.17) is 23.6 Å². The van der Waals surface area contributed by atoms with Crippen LogP contribution in [0.3, 0.4) is 0 Å². The Morgan fingerprint density at radius 1 is 0.878 bits per heavy atom. The number of allylic oxidation sites excluding steroid dienone is 2. The molecule has 49 heavy (non-hydrogen) atoms. The number of carbonyl (C=O) groups excluding carboxylic acids is 3. The Hall–Kier alpha value is -3.80. The van der Waals surface area contributed by atoms with E-state index in [1.807, 2.05) is 0 Å². The quantitative estimate of drug-likeness (QED) is 0.143. The first-order valence-electron chi connectivity index (χ1n) is 17.1. The lowest BCUT2D eigenvalue weighted by molar-refractivity contribution is 0.00639. The molecular formula is C37H54FN3O7Si. The van der Waals surface area contributed by atoms with Crippen LogP contribution in [0.5, 0.6) is 0 Å². The average molecular weight is 700 g/mol. The largest absolute Gasteiger partial charge is 0.547 e. The molecule has 1 aliphatic carbocycles. The van der Waals surface area contributed by atoms with Crippen molar-refractivity contribution < 1.29 is 37.4 Å². The van der Waals surface area contributed by atoms with Crippen LogP contribution in [0.2, 0.25) is 18.1 Å². The number of benzene rings is 1. The number of aromatic nitrogens is 2. The third-order valence-electron chi connectivity index (χ3n) is 8.07. The molecule has 0 spiro atoms. The van der Waals surface area contributed by atoms with E-state index in [0.717, 1.165) is 42.8 Å². The van der Waals surface area contributed by atoms with Crippen LogP contribution in [0.4, 0.5) is 19.8 Å². The second kappa shape index (κ2) is 15.4. The molecule has 1 aromatic heterocycles. The third kappa shape index (κ3) is 10.8. The van der Waals surface area contributed by atoms with Crippen molar-refractivity contribution in [3.63, 3.8) is 0 Å². The number of rotatable bonds is 9. The van der Waals surface area contributed by atoms with Crippen molar-refractivity contribution in [2.75, 3.05) is 4.90 Å². The summed E-state index contributed by atoms with van der Waals surface area (Å²) in [5.41, 5.74) is -2.19. The van der Waals surface area contributed by atoms with Gasteiger partial charge in [-0.1, -0.05) is 26.8 Å². The highest BCUT2D eigenvalue weighted by molar-refractivity contribution is 6.73. The lowest BCUT2D eigenvalue weighted by Crippen LogP contribution is -2.44. The minimum absolute atomic E-state index is 0.0454. The minimum atomic E-state index is -1.82. The molecule has 0 radical (unpaired) electrons. The first kappa shape index (κ1) is 39.6. The molecule has 0 bridgehead atoms. The normalized spacial score (nSPS) is 15.6. The van der Waals surface area contributed by atoms with E-state index < -0.39 is 49.1 Å². The molecule has 0 fully saturated rings. The van der Waals surface area contributed by atoms with E-state index in [0.29, 0.717) is 17.0 Å². The first-order chi connectivity index (χ1) is 22.6. The van der Waals surface area contributed by atoms with Crippen LogP contribution in [-0.4, -0.2) is 53.2 Å². The number of hydrogen-bond donors (Lipinski definition) is 0. The van der Waals surface area contributed by atoms with E-state index in [2.05, 4.69) is 31.8 Å². The van der Waals surface area contributed by atoms with Gasteiger partial charge in [-0.3, -0.25) is 0 Å². The van der Waals surface area contributed by atoms with Gasteiger partial charge in [0, 0.05) is 17.9 Å². The van der Waals surface area contributed by atoms with Gasteiger partial charge in [0.1, 0.15) is 28.3 Å². The van der Waals surface area contributed by atoms with E-state index >= 15 is 4.39 Å². The summed E-state index contributed by atoms with van der Waals surface area (Å²) >= 11 is 0. The molecule has 0 N–H and O–H groups in total. The Bertz CT molecular complexity index is 1520. The van der Waals surface area contributed by atoms with Crippen LogP contribution >= 0.6 is 0 Å². The molecule has 2 amide bonds. The predicted octanol–water partition coefficient (Wildman–Crippen LogP) is 10.1. The molecule has 10 nitrogen and oxygen atoms in total. The van der Waals surface area contributed by atoms with Gasteiger partial charge < -0.3 is 18.6 Å². The highest BCUT2D eigenvalue weighted by Gasteiger charge is 2.37. The Morgan fingerprint density at radius 3 is 1.88 bits per heavy atom. The number of amides is 2. The second-order valence-corrected chi connectivity index (χ2v) is 20.1. The topological polar surface area (TPSA) is 117 Å². The van der Waals surface area contributed by atoms with Crippen LogP contribution in [0, 0.1) is 5.82 Å². The summed E-state index contributed by atoms with van der Waals surface area (Å²) in [6, 6.07) is 7.04. The molecule has 1 aromatic carbocycles. The molecular weight excluding hydrogens is 646 g/mol. The molecule has 1 aliphatic rings. The third-order valence-corrected chi connectivity index (χ3v) is 12.6. The van der Waals surface area contributed by atoms with Gasteiger partial charge in [-0.2, -0.15) is 4.90 Å². The fraction of sp³-hybridized carbons (Fsp3) is 0.595. The molecule has 270 valence electrons. The van der Waals surface area contributed by atoms with Crippen LogP contribution in [-0.2, 0) is 18.6 Å². The smallest absolute Gasteiger partial charge is 0.425 e. The van der Waals surface area contributed by atoms with Gasteiger partial charge in [0.2, 0.25) is 8.32 Å². The lowest BCUT2D eigenvalue weighted by Gasteiger charge is -2.33. The van der Waals surface area contributed by atoms with Crippen LogP contribution in [0.25, 0.3) is 11.3 Å². The molecule has 3 rings (SSSR count). The highest BCUT2D eigenvalue weighted by Crippen LogP contribution is 2.38. The van der Waals surface area contributed by atoms with Crippen LogP contribution < -0.4 is 4.90 Å². The molecule has 1 heterocycles. The predicted molar refractivity (Wildman–Crippen MR) is 190 cm³/mol. The van der Waals surface area contributed by atoms with E-state index in [9.17, 15) is 14.4 Å². The van der Waals surface area contributed by atoms with Gasteiger partial charge in [0.05, 0.1) is 23.2 Å². The Kier molecular flexibility index (Phi) is 12.5. The fourth-order valence-electron chi connectivity index (χ4n) is 5.39. The van der Waals surface area contributed by atoms with Crippen molar-refractivity contribution >= 4 is 32.3 Å². The zero-order valence-electron chi connectivity index (χ0n) is 31.3. The van der Waals surface area contributed by atoms with Gasteiger partial charge in [-0.15, -0.1) is 0 Å². The number of imide groups is 1. The molecule has 0 aliphatic heterocycles. The molecule has 1 atom stereocenters. The molecule has 12 heteroatoms. The van der Waals surface area contributed by atoms with E-state index in [-0.39, 0.29) is 28.6 Å². The zero-order chi connectivity index (χ0) is 36.9. The molecule has 1 unspecified atom stereocenters. The number of carbonyl (C=O) groups is 3. The van der Waals surface area contributed by atoms with Crippen molar-refractivity contribution in [3.05, 3.63) is 53.3 Å². The van der Waals surface area contributed by atoms with E-state index in [1.54, 1.807) is 62.3 Å². The highest BCUT2D eigenvalue weighted by atomic mass is 28.4. The summed E-state index contributed by atoms with van der Waals surface area (Å²) in [7, 11) is -1.82. The standard InChI is InChI=1S/C37H54FN3O7Si/c1-13-49(14-2,15-3)48-26-19-16-24(17-20-26)29-23-39-31(41(33(43)46-36(7,8)9)34(44)47-37(10,11)12)30(40-29)25-18-21-27(28(38)22-25)32(42)45-35(4,5)6/h18-19,21-24H,13-17,20H2,1-12H3. The molecule has 0 saturated carbocycles. The van der Waals surface area contributed by atoms with Crippen molar-refractivity contribution in [1.82, 2.24) is 9.97 Å². The number of esters is 1. The Balaban J connectivity index is 2.16. The van der Waals surface area contributed by atoms with Gasteiger partial charge in [-0.25, -0.2) is 28.7 Å². The van der Waals surface area contributed by atoms with Crippen molar-refractivity contribution in [1.29, 1.82) is 0 Å². The van der Waals surface area contributed by atoms with Crippen molar-refractivity contribution in [2.45, 2.75) is 143 Å². The van der Waals surface area contributed by atoms with Crippen LogP contribution in [0.1, 0.15) is 124 Å². The second-order valence-electron chi connectivity index (χ2n) is 15.4. The number of anilines is 1. The maximum Gasteiger partial charge on any atom is 0.425 e.